The van der Waals surface area contributed by atoms with Crippen LogP contribution in [-0.2, 0) is 16.6 Å². The number of nitrogens with one attached hydrogen (secondary N) is 3. The van der Waals surface area contributed by atoms with Gasteiger partial charge in [0.1, 0.15) is 0 Å². The van der Waals surface area contributed by atoms with Crippen molar-refractivity contribution in [2.75, 3.05) is 11.3 Å². The number of H-pyrrole nitrogens is 1. The van der Waals surface area contributed by atoms with E-state index in [0.717, 1.165) is 24.2 Å². The van der Waals surface area contributed by atoms with E-state index in [4.69, 9.17) is 4.99 Å². The Labute approximate surface area is 222 Å². The van der Waals surface area contributed by atoms with Gasteiger partial charge in [-0.15, -0.1) is 0 Å². The number of aromatic hydroxyl groups is 1. The van der Waals surface area contributed by atoms with E-state index in [2.05, 4.69) is 21.9 Å². The van der Waals surface area contributed by atoms with Crippen molar-refractivity contribution in [3.8, 4) is 5.88 Å². The summed E-state index contributed by atoms with van der Waals surface area (Å²) in [6.07, 6.45) is 0. The maximum absolute atomic E-state index is 13.2. The van der Waals surface area contributed by atoms with E-state index in [1.807, 2.05) is 60.7 Å². The van der Waals surface area contributed by atoms with Crippen molar-refractivity contribution < 1.29 is 13.5 Å². The average Bonchev–Trinajstić information content (AvgIpc) is 3.26. The van der Waals surface area contributed by atoms with Gasteiger partial charge in [0.05, 0.1) is 21.9 Å². The Morgan fingerprint density at radius 3 is 2.26 bits per heavy atom. The first-order valence-corrected chi connectivity index (χ1v) is 13.8. The maximum Gasteiger partial charge on any atom is 0.261 e. The van der Waals surface area contributed by atoms with Gasteiger partial charge >= 0.3 is 0 Å². The van der Waals surface area contributed by atoms with Crippen molar-refractivity contribution in [3.05, 3.63) is 120 Å². The van der Waals surface area contributed by atoms with Crippen LogP contribution in [0.25, 0.3) is 10.9 Å². The van der Waals surface area contributed by atoms with Crippen molar-refractivity contribution in [2.24, 2.45) is 4.99 Å². The zero-order valence-corrected chi connectivity index (χ0v) is 21.7. The third-order valence-electron chi connectivity index (χ3n) is 6.13. The predicted octanol–water partition coefficient (Wildman–Crippen LogP) is 5.95. The van der Waals surface area contributed by atoms with Gasteiger partial charge in [0, 0.05) is 28.7 Å². The summed E-state index contributed by atoms with van der Waals surface area (Å²) in [6, 6.07) is 30.9. The molecule has 0 spiro atoms. The molecule has 5 rings (SSSR count). The fraction of sp³-hybridized carbons (Fsp3) is 0.100. The SMILES string of the molecule is CCNCc1ccc(N=C(c2ccccc2)c2c(O)[nH]c3ccc(S(=O)(=O)Nc4ccccc4)cc23)cc1. The number of aliphatic imine (C=N–C) groups is 1. The highest BCUT2D eigenvalue weighted by atomic mass is 32.2. The fourth-order valence-corrected chi connectivity index (χ4v) is 5.32. The molecule has 0 aliphatic heterocycles. The van der Waals surface area contributed by atoms with Crippen LogP contribution in [0.15, 0.2) is 113 Å². The molecule has 0 radical (unpaired) electrons. The molecule has 38 heavy (non-hydrogen) atoms. The highest BCUT2D eigenvalue weighted by molar-refractivity contribution is 7.92. The quantitative estimate of drug-likeness (QED) is 0.179. The zero-order chi connectivity index (χ0) is 26.5. The monoisotopic (exact) mass is 524 g/mol. The summed E-state index contributed by atoms with van der Waals surface area (Å²) in [5.41, 5.74) is 4.67. The second-order valence-electron chi connectivity index (χ2n) is 8.80. The zero-order valence-electron chi connectivity index (χ0n) is 20.8. The van der Waals surface area contributed by atoms with Crippen molar-refractivity contribution in [3.63, 3.8) is 0 Å². The Bertz CT molecular complexity index is 1680. The molecule has 0 atom stereocenters. The van der Waals surface area contributed by atoms with Crippen LogP contribution in [0.1, 0.15) is 23.6 Å². The maximum atomic E-state index is 13.2. The summed E-state index contributed by atoms with van der Waals surface area (Å²) in [5.74, 6) is -0.0862. The molecule has 192 valence electrons. The predicted molar refractivity (Wildman–Crippen MR) is 153 cm³/mol. The number of aromatic nitrogens is 1. The summed E-state index contributed by atoms with van der Waals surface area (Å²) in [7, 11) is -3.87. The van der Waals surface area contributed by atoms with E-state index < -0.39 is 10.0 Å². The van der Waals surface area contributed by atoms with Crippen LogP contribution in [0.3, 0.4) is 0 Å². The summed E-state index contributed by atoms with van der Waals surface area (Å²) in [5, 5.41) is 14.9. The van der Waals surface area contributed by atoms with Crippen molar-refractivity contribution in [2.45, 2.75) is 18.4 Å². The normalized spacial score (nSPS) is 12.1. The van der Waals surface area contributed by atoms with Gasteiger partial charge in [-0.25, -0.2) is 13.4 Å². The Morgan fingerprint density at radius 1 is 0.895 bits per heavy atom. The molecule has 8 heteroatoms. The molecule has 0 aliphatic carbocycles. The van der Waals surface area contributed by atoms with Gasteiger partial charge in [-0.1, -0.05) is 67.6 Å². The topological polar surface area (TPSA) is 107 Å². The molecule has 0 amide bonds. The minimum atomic E-state index is -3.87. The van der Waals surface area contributed by atoms with Gasteiger partial charge in [0.2, 0.25) is 0 Å². The molecule has 0 saturated heterocycles. The largest absolute Gasteiger partial charge is 0.494 e. The van der Waals surface area contributed by atoms with Crippen LogP contribution in [0.4, 0.5) is 11.4 Å². The third kappa shape index (κ3) is 5.46. The molecule has 7 nitrogen and oxygen atoms in total. The van der Waals surface area contributed by atoms with Crippen LogP contribution in [0, 0.1) is 0 Å². The van der Waals surface area contributed by atoms with Crippen molar-refractivity contribution in [1.82, 2.24) is 10.3 Å². The fourth-order valence-electron chi connectivity index (χ4n) is 4.23. The number of aromatic amines is 1. The van der Waals surface area contributed by atoms with Crippen molar-refractivity contribution >= 4 is 38.0 Å². The standard InChI is InChI=1S/C30H28N4O3S/c1-2-31-20-21-13-15-23(16-14-21)32-29(22-9-5-3-6-10-22)28-26-19-25(17-18-27(26)33-30(28)35)38(36,37)34-24-11-7-4-8-12-24/h3-19,31,33-35H,2,20H2,1H3. The Morgan fingerprint density at radius 2 is 1.58 bits per heavy atom. The molecule has 4 aromatic carbocycles. The van der Waals surface area contributed by atoms with E-state index >= 15 is 0 Å². The summed E-state index contributed by atoms with van der Waals surface area (Å²) < 4.78 is 29.0. The average molecular weight is 525 g/mol. The number of benzene rings is 4. The van der Waals surface area contributed by atoms with Crippen molar-refractivity contribution in [1.29, 1.82) is 0 Å². The van der Waals surface area contributed by atoms with Gasteiger partial charge in [-0.2, -0.15) is 0 Å². The molecule has 0 bridgehead atoms. The highest BCUT2D eigenvalue weighted by Crippen LogP contribution is 2.33. The molecule has 0 saturated carbocycles. The summed E-state index contributed by atoms with van der Waals surface area (Å²) in [4.78, 5) is 7.97. The first-order valence-electron chi connectivity index (χ1n) is 12.3. The molecular formula is C30H28N4O3S. The highest BCUT2D eigenvalue weighted by Gasteiger charge is 2.22. The number of fused-ring (bicyclic) bond motifs is 1. The van der Waals surface area contributed by atoms with Gasteiger partial charge < -0.3 is 15.4 Å². The number of sulfonamides is 1. The lowest BCUT2D eigenvalue weighted by Gasteiger charge is -2.10. The van der Waals surface area contributed by atoms with E-state index in [-0.39, 0.29) is 10.8 Å². The number of hydrogen-bond donors (Lipinski definition) is 4. The molecule has 0 aliphatic rings. The second kappa shape index (κ2) is 10.9. The Hall–Kier alpha value is -4.40. The first kappa shape index (κ1) is 25.3. The smallest absolute Gasteiger partial charge is 0.261 e. The Kier molecular flexibility index (Phi) is 7.26. The minimum absolute atomic E-state index is 0.0780. The first-order chi connectivity index (χ1) is 18.4. The van der Waals surface area contributed by atoms with Gasteiger partial charge in [0.15, 0.2) is 5.88 Å². The van der Waals surface area contributed by atoms with E-state index in [1.54, 1.807) is 36.4 Å². The lowest BCUT2D eigenvalue weighted by Crippen LogP contribution is -2.13. The lowest BCUT2D eigenvalue weighted by atomic mass is 10.0. The second-order valence-corrected chi connectivity index (χ2v) is 10.5. The van der Waals surface area contributed by atoms with Gasteiger partial charge in [0.25, 0.3) is 10.0 Å². The minimum Gasteiger partial charge on any atom is -0.494 e. The van der Waals surface area contributed by atoms with Crippen LogP contribution < -0.4 is 10.0 Å². The lowest BCUT2D eigenvalue weighted by molar-refractivity contribution is 0.457. The number of hydrogen-bond acceptors (Lipinski definition) is 5. The molecule has 1 heterocycles. The molecule has 0 unspecified atom stereocenters. The van der Waals surface area contributed by atoms with Crippen LogP contribution >= 0.6 is 0 Å². The third-order valence-corrected chi connectivity index (χ3v) is 7.51. The van der Waals surface area contributed by atoms with Gasteiger partial charge in [-0.05, 0) is 54.6 Å². The van der Waals surface area contributed by atoms with Crippen LogP contribution in [-0.4, -0.2) is 30.8 Å². The van der Waals surface area contributed by atoms with Crippen LogP contribution in [0.5, 0.6) is 5.88 Å². The van der Waals surface area contributed by atoms with Crippen LogP contribution in [0.2, 0.25) is 0 Å². The molecule has 1 aromatic heterocycles. The summed E-state index contributed by atoms with van der Waals surface area (Å²) in [6.45, 7) is 3.72. The number of rotatable bonds is 9. The van der Waals surface area contributed by atoms with E-state index in [0.29, 0.717) is 33.6 Å². The number of nitrogens with zero attached hydrogens (tertiary/aromatic N) is 1. The summed E-state index contributed by atoms with van der Waals surface area (Å²) >= 11 is 0. The molecule has 4 N–H and O–H groups in total. The molecule has 0 fully saturated rings. The Balaban J connectivity index is 1.61. The molecular weight excluding hydrogens is 496 g/mol. The number of para-hydroxylation sites is 1. The van der Waals surface area contributed by atoms with Gasteiger partial charge in [-0.3, -0.25) is 4.72 Å². The number of anilines is 1. The van der Waals surface area contributed by atoms with E-state index in [1.165, 1.54) is 6.07 Å². The molecule has 5 aromatic rings. The van der Waals surface area contributed by atoms with E-state index in [9.17, 15) is 13.5 Å².